The third-order valence-corrected chi connectivity index (χ3v) is 5.59. The number of nitrogens with zero attached hydrogens (tertiary/aromatic N) is 2. The molecule has 0 spiro atoms. The van der Waals surface area contributed by atoms with Crippen LogP contribution in [0.1, 0.15) is 12.5 Å². The van der Waals surface area contributed by atoms with Crippen LogP contribution in [0.25, 0.3) is 10.2 Å². The molecule has 22 heavy (non-hydrogen) atoms. The first-order chi connectivity index (χ1) is 10.5. The van der Waals surface area contributed by atoms with Crippen LogP contribution < -0.4 is 10.9 Å². The van der Waals surface area contributed by atoms with Crippen molar-refractivity contribution in [2.45, 2.75) is 24.3 Å². The van der Waals surface area contributed by atoms with Crippen LogP contribution in [0.3, 0.4) is 0 Å². The SMILES string of the molecule is Cc1csc2nc(S[C@H](C)C(=O)Nc3nccs3)[nH]c(=O)c12. The fraction of sp³-hybridized carbons (Fsp3) is 0.231. The molecule has 0 aliphatic heterocycles. The van der Waals surface area contributed by atoms with E-state index in [1.54, 1.807) is 18.5 Å². The van der Waals surface area contributed by atoms with E-state index in [1.807, 2.05) is 12.3 Å². The van der Waals surface area contributed by atoms with E-state index >= 15 is 0 Å². The predicted octanol–water partition coefficient (Wildman–Crippen LogP) is 2.87. The number of H-pyrrole nitrogens is 1. The summed E-state index contributed by atoms with van der Waals surface area (Å²) < 4.78 is 0. The smallest absolute Gasteiger partial charge is 0.260 e. The maximum atomic E-state index is 12.1. The van der Waals surface area contributed by atoms with Gasteiger partial charge in [0, 0.05) is 11.6 Å². The fourth-order valence-corrected chi connectivity index (χ4v) is 4.15. The van der Waals surface area contributed by atoms with Gasteiger partial charge in [0.15, 0.2) is 10.3 Å². The van der Waals surface area contributed by atoms with Crippen molar-refractivity contribution in [2.24, 2.45) is 0 Å². The van der Waals surface area contributed by atoms with E-state index in [-0.39, 0.29) is 11.5 Å². The Bertz CT molecular complexity index is 869. The van der Waals surface area contributed by atoms with Crippen LogP contribution in [0.4, 0.5) is 5.13 Å². The zero-order valence-corrected chi connectivity index (χ0v) is 14.2. The molecule has 0 bridgehead atoms. The molecule has 1 atom stereocenters. The van der Waals surface area contributed by atoms with Crippen molar-refractivity contribution in [3.05, 3.63) is 32.9 Å². The molecule has 9 heteroatoms. The van der Waals surface area contributed by atoms with Gasteiger partial charge in [0.05, 0.1) is 10.6 Å². The van der Waals surface area contributed by atoms with Gasteiger partial charge in [0.1, 0.15) is 4.83 Å². The van der Waals surface area contributed by atoms with Crippen LogP contribution in [-0.4, -0.2) is 26.1 Å². The highest BCUT2D eigenvalue weighted by Gasteiger charge is 2.18. The van der Waals surface area contributed by atoms with Crippen molar-refractivity contribution in [1.82, 2.24) is 15.0 Å². The molecule has 0 aliphatic rings. The second kappa shape index (κ2) is 6.19. The van der Waals surface area contributed by atoms with Crippen molar-refractivity contribution < 1.29 is 4.79 Å². The molecule has 0 fully saturated rings. The number of anilines is 1. The van der Waals surface area contributed by atoms with Gasteiger partial charge in [-0.15, -0.1) is 22.7 Å². The van der Waals surface area contributed by atoms with Crippen LogP contribution in [-0.2, 0) is 4.79 Å². The van der Waals surface area contributed by atoms with Gasteiger partial charge in [-0.05, 0) is 24.8 Å². The topological polar surface area (TPSA) is 87.7 Å². The number of fused-ring (bicyclic) bond motifs is 1. The first-order valence-corrected chi connectivity index (χ1v) is 9.03. The lowest BCUT2D eigenvalue weighted by Crippen LogP contribution is -2.23. The lowest BCUT2D eigenvalue weighted by molar-refractivity contribution is -0.115. The highest BCUT2D eigenvalue weighted by molar-refractivity contribution is 8.00. The lowest BCUT2D eigenvalue weighted by atomic mass is 10.3. The molecule has 0 saturated carbocycles. The number of thioether (sulfide) groups is 1. The van der Waals surface area contributed by atoms with Crippen LogP contribution >= 0.6 is 34.4 Å². The number of hydrogen-bond acceptors (Lipinski definition) is 7. The van der Waals surface area contributed by atoms with Crippen molar-refractivity contribution >= 4 is 55.7 Å². The monoisotopic (exact) mass is 352 g/mol. The number of amides is 1. The van der Waals surface area contributed by atoms with Gasteiger partial charge in [0.2, 0.25) is 5.91 Å². The summed E-state index contributed by atoms with van der Waals surface area (Å²) in [6.07, 6.45) is 1.63. The van der Waals surface area contributed by atoms with Gasteiger partial charge in [-0.1, -0.05) is 11.8 Å². The number of aromatic nitrogens is 3. The first kappa shape index (κ1) is 15.2. The number of aromatic amines is 1. The maximum Gasteiger partial charge on any atom is 0.260 e. The molecule has 0 saturated heterocycles. The average Bonchev–Trinajstić information content (AvgIpc) is 3.09. The second-order valence-corrected chi connectivity index (χ2v) is 7.64. The molecule has 0 aliphatic carbocycles. The number of rotatable bonds is 4. The van der Waals surface area contributed by atoms with E-state index in [1.165, 1.54) is 34.4 Å². The van der Waals surface area contributed by atoms with Gasteiger partial charge >= 0.3 is 0 Å². The summed E-state index contributed by atoms with van der Waals surface area (Å²) in [7, 11) is 0. The van der Waals surface area contributed by atoms with E-state index in [4.69, 9.17) is 0 Å². The molecule has 3 heterocycles. The number of nitrogens with one attached hydrogen (secondary N) is 2. The minimum atomic E-state index is -0.398. The Morgan fingerprint density at radius 2 is 2.27 bits per heavy atom. The Labute approximate surface area is 138 Å². The molecule has 114 valence electrons. The van der Waals surface area contributed by atoms with E-state index in [0.29, 0.717) is 20.5 Å². The van der Waals surface area contributed by atoms with Crippen molar-refractivity contribution in [1.29, 1.82) is 0 Å². The van der Waals surface area contributed by atoms with E-state index in [9.17, 15) is 9.59 Å². The van der Waals surface area contributed by atoms with E-state index < -0.39 is 5.25 Å². The maximum absolute atomic E-state index is 12.1. The Hall–Kier alpha value is -1.71. The molecule has 1 amide bonds. The third-order valence-electron chi connectivity index (χ3n) is 2.93. The van der Waals surface area contributed by atoms with E-state index in [0.717, 1.165) is 5.56 Å². The van der Waals surface area contributed by atoms with Gasteiger partial charge in [0.25, 0.3) is 5.56 Å². The normalized spacial score (nSPS) is 12.5. The number of thiazole rings is 1. The molecule has 3 aromatic heterocycles. The minimum Gasteiger partial charge on any atom is -0.301 e. The largest absolute Gasteiger partial charge is 0.301 e. The Balaban J connectivity index is 1.77. The summed E-state index contributed by atoms with van der Waals surface area (Å²) in [6.45, 7) is 3.64. The van der Waals surface area contributed by atoms with Crippen LogP contribution in [0.15, 0.2) is 26.9 Å². The van der Waals surface area contributed by atoms with Crippen molar-refractivity contribution in [3.63, 3.8) is 0 Å². The number of carbonyl (C=O) groups excluding carboxylic acids is 1. The number of carbonyl (C=O) groups is 1. The van der Waals surface area contributed by atoms with Gasteiger partial charge in [-0.25, -0.2) is 9.97 Å². The van der Waals surface area contributed by atoms with Gasteiger partial charge in [-0.2, -0.15) is 0 Å². The molecule has 0 unspecified atom stereocenters. The Morgan fingerprint density at radius 3 is 3.00 bits per heavy atom. The minimum absolute atomic E-state index is 0.168. The highest BCUT2D eigenvalue weighted by atomic mass is 32.2. The number of hydrogen-bond donors (Lipinski definition) is 2. The van der Waals surface area contributed by atoms with Crippen LogP contribution in [0.5, 0.6) is 0 Å². The van der Waals surface area contributed by atoms with Crippen molar-refractivity contribution in [2.75, 3.05) is 5.32 Å². The summed E-state index contributed by atoms with van der Waals surface area (Å²) >= 11 is 4.00. The molecule has 2 N–H and O–H groups in total. The summed E-state index contributed by atoms with van der Waals surface area (Å²) in [5.41, 5.74) is 0.749. The first-order valence-electron chi connectivity index (χ1n) is 6.39. The molecular weight excluding hydrogens is 340 g/mol. The standard InChI is InChI=1S/C13H12N4O2S3/c1-6-5-21-11-8(6)10(19)16-13(17-11)22-7(2)9(18)15-12-14-3-4-20-12/h3-5,7H,1-2H3,(H,14,15,18)(H,16,17,19)/t7-/m1/s1. The molecule has 0 radical (unpaired) electrons. The average molecular weight is 352 g/mol. The lowest BCUT2D eigenvalue weighted by Gasteiger charge is -2.09. The van der Waals surface area contributed by atoms with Crippen LogP contribution in [0, 0.1) is 6.92 Å². The molecule has 3 rings (SSSR count). The van der Waals surface area contributed by atoms with Gasteiger partial charge < -0.3 is 10.3 Å². The predicted molar refractivity (Wildman–Crippen MR) is 91.0 cm³/mol. The molecule has 6 nitrogen and oxygen atoms in total. The van der Waals surface area contributed by atoms with Gasteiger partial charge in [-0.3, -0.25) is 9.59 Å². The highest BCUT2D eigenvalue weighted by Crippen LogP contribution is 2.25. The number of aryl methyl sites for hydroxylation is 1. The quantitative estimate of drug-likeness (QED) is 0.557. The van der Waals surface area contributed by atoms with Crippen LogP contribution in [0.2, 0.25) is 0 Å². The second-order valence-electron chi connectivity index (χ2n) is 4.56. The molecular formula is C13H12N4O2S3. The zero-order chi connectivity index (χ0) is 15.7. The van der Waals surface area contributed by atoms with E-state index in [2.05, 4.69) is 20.3 Å². The fourth-order valence-electron chi connectivity index (χ4n) is 1.84. The molecule has 0 aromatic carbocycles. The zero-order valence-electron chi connectivity index (χ0n) is 11.7. The van der Waals surface area contributed by atoms with Crippen molar-refractivity contribution in [3.8, 4) is 0 Å². The summed E-state index contributed by atoms with van der Waals surface area (Å²) in [4.78, 5) is 36.0. The molecule has 3 aromatic rings. The summed E-state index contributed by atoms with van der Waals surface area (Å²) in [6, 6.07) is 0. The number of thiophene rings is 1. The Kier molecular flexibility index (Phi) is 4.27. The summed E-state index contributed by atoms with van der Waals surface area (Å²) in [5, 5.41) is 7.65. The third kappa shape index (κ3) is 3.06. The Morgan fingerprint density at radius 1 is 1.45 bits per heavy atom. The summed E-state index contributed by atoms with van der Waals surface area (Å²) in [5.74, 6) is -0.176.